The largest absolute Gasteiger partial charge is 0.477 e. The van der Waals surface area contributed by atoms with Gasteiger partial charge in [0, 0.05) is 18.5 Å². The van der Waals surface area contributed by atoms with E-state index in [1.165, 1.54) is 12.3 Å². The van der Waals surface area contributed by atoms with E-state index in [1.807, 2.05) is 20.8 Å². The maximum absolute atomic E-state index is 11.7. The van der Waals surface area contributed by atoms with Crippen molar-refractivity contribution in [3.05, 3.63) is 48.5 Å². The molecule has 0 fully saturated rings. The lowest BCUT2D eigenvalue weighted by atomic mass is 9.86. The number of carboxylic acids is 1. The first-order valence-corrected chi connectivity index (χ1v) is 9.01. The molecular weight excluding hydrogens is 465 g/mol. The van der Waals surface area contributed by atoms with Crippen molar-refractivity contribution in [3.8, 4) is 0 Å². The predicted octanol–water partition coefficient (Wildman–Crippen LogP) is 4.21. The normalized spacial score (nSPS) is 13.1. The Hall–Kier alpha value is -1.12. The molecule has 2 rings (SSSR count). The molecule has 1 unspecified atom stereocenters. The van der Waals surface area contributed by atoms with Crippen LogP contribution in [0.5, 0.6) is 0 Å². The Morgan fingerprint density at radius 3 is 2.50 bits per heavy atom. The third-order valence-electron chi connectivity index (χ3n) is 3.67. The van der Waals surface area contributed by atoms with Crippen LogP contribution in [0, 0.1) is 5.41 Å². The molecule has 0 amide bonds. The fourth-order valence-corrected chi connectivity index (χ4v) is 3.54. The van der Waals surface area contributed by atoms with Gasteiger partial charge in [-0.3, -0.25) is 9.48 Å². The number of carboxylic acid groups (broad SMARTS) is 1. The van der Waals surface area contributed by atoms with Crippen LogP contribution in [-0.4, -0.2) is 25.4 Å². The third kappa shape index (κ3) is 3.92. The van der Waals surface area contributed by atoms with E-state index in [2.05, 4.69) is 37.0 Å². The van der Waals surface area contributed by atoms with E-state index in [-0.39, 0.29) is 17.0 Å². The van der Waals surface area contributed by atoms with Gasteiger partial charge in [-0.05, 0) is 37.3 Å². The van der Waals surface area contributed by atoms with E-state index < -0.39 is 11.4 Å². The number of carbonyl (C=O) groups is 1. The average Bonchev–Trinajstić information content (AvgIpc) is 2.71. The maximum Gasteiger partial charge on any atom is 0.341 e. The van der Waals surface area contributed by atoms with Crippen molar-refractivity contribution in [1.82, 2.24) is 14.3 Å². The van der Waals surface area contributed by atoms with E-state index >= 15 is 0 Å². The Bertz CT molecular complexity index is 839. The molecule has 0 aromatic carbocycles. The van der Waals surface area contributed by atoms with Gasteiger partial charge in [0.05, 0.1) is 12.6 Å². The molecule has 0 saturated heterocycles. The molecular formula is C15H16Br2ClN3O3. The molecule has 0 spiro atoms. The van der Waals surface area contributed by atoms with Crippen molar-refractivity contribution in [1.29, 1.82) is 0 Å². The Labute approximate surface area is 160 Å². The molecule has 0 radical (unpaired) electrons. The van der Waals surface area contributed by atoms with Crippen molar-refractivity contribution in [2.45, 2.75) is 33.4 Å². The van der Waals surface area contributed by atoms with Gasteiger partial charge in [-0.1, -0.05) is 32.4 Å². The quantitative estimate of drug-likeness (QED) is 0.710. The number of nitrogens with zero attached hydrogens (tertiary/aromatic N) is 3. The number of rotatable bonds is 4. The minimum absolute atomic E-state index is 0.157. The Kier molecular flexibility index (Phi) is 5.61. The van der Waals surface area contributed by atoms with Gasteiger partial charge < -0.3 is 9.67 Å². The fourth-order valence-electron chi connectivity index (χ4n) is 2.35. The number of halogens is 3. The molecule has 130 valence electrons. The molecule has 2 heterocycles. The van der Waals surface area contributed by atoms with E-state index in [9.17, 15) is 14.7 Å². The second-order valence-corrected chi connectivity index (χ2v) is 8.31. The van der Waals surface area contributed by atoms with Gasteiger partial charge in [0.15, 0.2) is 5.43 Å². The average molecular weight is 482 g/mol. The minimum atomic E-state index is -1.24. The molecule has 0 aliphatic heterocycles. The van der Waals surface area contributed by atoms with Crippen LogP contribution in [0.2, 0.25) is 5.02 Å². The van der Waals surface area contributed by atoms with Crippen LogP contribution in [0.4, 0.5) is 0 Å². The van der Waals surface area contributed by atoms with Gasteiger partial charge >= 0.3 is 5.97 Å². The highest BCUT2D eigenvalue weighted by molar-refractivity contribution is 9.11. The lowest BCUT2D eigenvalue weighted by Crippen LogP contribution is -2.30. The van der Waals surface area contributed by atoms with Crippen LogP contribution >= 0.6 is 43.5 Å². The first-order chi connectivity index (χ1) is 11.0. The van der Waals surface area contributed by atoms with Crippen LogP contribution in [0.3, 0.4) is 0 Å². The lowest BCUT2D eigenvalue weighted by Gasteiger charge is -2.33. The lowest BCUT2D eigenvalue weighted by molar-refractivity contribution is 0.0693. The Morgan fingerprint density at radius 1 is 1.42 bits per heavy atom. The summed E-state index contributed by atoms with van der Waals surface area (Å²) in [6.45, 7) is 6.54. The summed E-state index contributed by atoms with van der Waals surface area (Å²) in [7, 11) is 0. The molecule has 0 aliphatic rings. The Morgan fingerprint density at radius 2 is 2.04 bits per heavy atom. The van der Waals surface area contributed by atoms with E-state index in [0.717, 1.165) is 0 Å². The van der Waals surface area contributed by atoms with Gasteiger partial charge in [-0.25, -0.2) is 4.79 Å². The van der Waals surface area contributed by atoms with Gasteiger partial charge in [-0.2, -0.15) is 5.10 Å². The van der Waals surface area contributed by atoms with E-state index in [1.54, 1.807) is 15.4 Å². The maximum atomic E-state index is 11.7. The molecule has 1 N–H and O–H groups in total. The first-order valence-electron chi connectivity index (χ1n) is 7.04. The van der Waals surface area contributed by atoms with Crippen LogP contribution in [-0.2, 0) is 6.54 Å². The number of aromatic nitrogens is 3. The zero-order chi connectivity index (χ0) is 18.2. The van der Waals surface area contributed by atoms with Crippen LogP contribution < -0.4 is 5.43 Å². The molecule has 2 aromatic rings. The van der Waals surface area contributed by atoms with E-state index in [0.29, 0.717) is 20.8 Å². The highest BCUT2D eigenvalue weighted by Gasteiger charge is 2.28. The molecule has 0 aliphatic carbocycles. The first kappa shape index (κ1) is 19.2. The summed E-state index contributed by atoms with van der Waals surface area (Å²) < 4.78 is 4.58. The topological polar surface area (TPSA) is 77.1 Å². The van der Waals surface area contributed by atoms with Gasteiger partial charge in [0.2, 0.25) is 0 Å². The standard InChI is InChI=1S/C15H16Br2ClN3O3/c1-15(2,3)10(7-21-13(17)11(18)12(16)19-21)20-5-4-9(22)8(6-20)14(23)24/h4-6,10H,7H2,1-3H3,(H,23,24). The zero-order valence-corrected chi connectivity index (χ0v) is 17.2. The van der Waals surface area contributed by atoms with Crippen molar-refractivity contribution in [2.75, 3.05) is 0 Å². The zero-order valence-electron chi connectivity index (χ0n) is 13.3. The summed E-state index contributed by atoms with van der Waals surface area (Å²) in [5.74, 6) is -1.24. The summed E-state index contributed by atoms with van der Waals surface area (Å²) >= 11 is 12.8. The van der Waals surface area contributed by atoms with Crippen LogP contribution in [0.25, 0.3) is 0 Å². The molecule has 1 atom stereocenters. The van der Waals surface area contributed by atoms with Crippen LogP contribution in [0.1, 0.15) is 37.2 Å². The summed E-state index contributed by atoms with van der Waals surface area (Å²) in [5.41, 5.74) is -1.00. The minimum Gasteiger partial charge on any atom is -0.477 e. The van der Waals surface area contributed by atoms with E-state index in [4.69, 9.17) is 11.6 Å². The second kappa shape index (κ2) is 7.01. The van der Waals surface area contributed by atoms with Gasteiger partial charge in [0.1, 0.15) is 19.8 Å². The van der Waals surface area contributed by atoms with Gasteiger partial charge in [-0.15, -0.1) is 0 Å². The summed E-state index contributed by atoms with van der Waals surface area (Å²) in [5, 5.41) is 14.0. The van der Waals surface area contributed by atoms with Crippen LogP contribution in [0.15, 0.2) is 32.5 Å². The van der Waals surface area contributed by atoms with Crippen molar-refractivity contribution < 1.29 is 9.90 Å². The summed E-state index contributed by atoms with van der Waals surface area (Å²) in [4.78, 5) is 22.9. The summed E-state index contributed by atoms with van der Waals surface area (Å²) in [6.07, 6.45) is 2.97. The third-order valence-corrected chi connectivity index (χ3v) is 5.85. The number of pyridine rings is 1. The predicted molar refractivity (Wildman–Crippen MR) is 98.8 cm³/mol. The van der Waals surface area contributed by atoms with Crippen molar-refractivity contribution in [3.63, 3.8) is 0 Å². The molecule has 24 heavy (non-hydrogen) atoms. The number of hydrogen-bond acceptors (Lipinski definition) is 3. The Balaban J connectivity index is 2.51. The molecule has 6 nitrogen and oxygen atoms in total. The monoisotopic (exact) mass is 479 g/mol. The molecule has 9 heteroatoms. The fraction of sp³-hybridized carbons (Fsp3) is 0.400. The summed E-state index contributed by atoms with van der Waals surface area (Å²) in [6, 6.07) is 1.11. The molecule has 0 bridgehead atoms. The smallest absolute Gasteiger partial charge is 0.341 e. The highest BCUT2D eigenvalue weighted by Crippen LogP contribution is 2.35. The SMILES string of the molecule is CC(C)(C)C(Cn1nc(Br)c(Cl)c1Br)n1ccc(=O)c(C(=O)O)c1. The van der Waals surface area contributed by atoms with Crippen molar-refractivity contribution in [2.24, 2.45) is 5.41 Å². The second-order valence-electron chi connectivity index (χ2n) is 6.43. The molecule has 0 saturated carbocycles. The molecule has 2 aromatic heterocycles. The highest BCUT2D eigenvalue weighted by atomic mass is 79.9. The van der Waals surface area contributed by atoms with Gasteiger partial charge in [0.25, 0.3) is 0 Å². The number of hydrogen-bond donors (Lipinski definition) is 1. The van der Waals surface area contributed by atoms with Crippen molar-refractivity contribution >= 4 is 49.4 Å². The number of aromatic carboxylic acids is 1.